The summed E-state index contributed by atoms with van der Waals surface area (Å²) in [6, 6.07) is 11.2. The zero-order valence-electron chi connectivity index (χ0n) is 14.0. The fourth-order valence-corrected chi connectivity index (χ4v) is 2.50. The maximum absolute atomic E-state index is 12.5. The van der Waals surface area contributed by atoms with Crippen LogP contribution >= 0.6 is 0 Å². The van der Waals surface area contributed by atoms with E-state index >= 15 is 0 Å². The first-order chi connectivity index (χ1) is 12.1. The molecule has 0 aliphatic carbocycles. The summed E-state index contributed by atoms with van der Waals surface area (Å²) in [7, 11) is 0. The summed E-state index contributed by atoms with van der Waals surface area (Å²) in [6.07, 6.45) is 7.77. The van der Waals surface area contributed by atoms with Crippen molar-refractivity contribution in [2.45, 2.75) is 20.0 Å². The predicted molar refractivity (Wildman–Crippen MR) is 97.3 cm³/mol. The summed E-state index contributed by atoms with van der Waals surface area (Å²) >= 11 is 0. The van der Waals surface area contributed by atoms with Gasteiger partial charge in [-0.1, -0.05) is 29.7 Å². The van der Waals surface area contributed by atoms with Crippen molar-refractivity contribution in [1.29, 1.82) is 0 Å². The average Bonchev–Trinajstić information content (AvgIpc) is 2.61. The number of hydrogen-bond acceptors (Lipinski definition) is 4. The number of nitrogens with one attached hydrogen (secondary N) is 1. The highest BCUT2D eigenvalue weighted by Crippen LogP contribution is 2.21. The fourth-order valence-electron chi connectivity index (χ4n) is 2.50. The van der Waals surface area contributed by atoms with Crippen LogP contribution in [0.4, 0.5) is 5.69 Å². The molecule has 3 rings (SSSR count). The number of benzene rings is 2. The zero-order chi connectivity index (χ0) is 17.8. The van der Waals surface area contributed by atoms with E-state index in [0.717, 1.165) is 21.9 Å². The minimum absolute atomic E-state index is 0.399. The topological polar surface area (TPSA) is 64.1 Å². The molecule has 1 aromatic heterocycles. The van der Waals surface area contributed by atoms with Crippen molar-refractivity contribution in [2.24, 2.45) is 0 Å². The third-order valence-corrected chi connectivity index (χ3v) is 3.78. The lowest BCUT2D eigenvalue weighted by atomic mass is 10.1. The van der Waals surface area contributed by atoms with Crippen molar-refractivity contribution in [3.8, 4) is 18.1 Å². The van der Waals surface area contributed by atoms with Gasteiger partial charge in [0, 0.05) is 16.5 Å². The summed E-state index contributed by atoms with van der Waals surface area (Å²) in [4.78, 5) is 12.5. The maximum atomic E-state index is 12.5. The summed E-state index contributed by atoms with van der Waals surface area (Å²) in [5, 5.41) is 12.3. The first kappa shape index (κ1) is 16.5. The Labute approximate surface area is 146 Å². The van der Waals surface area contributed by atoms with E-state index in [1.165, 1.54) is 0 Å². The van der Waals surface area contributed by atoms with Crippen LogP contribution in [0, 0.1) is 26.2 Å². The van der Waals surface area contributed by atoms with Gasteiger partial charge in [-0.2, -0.15) is 10.2 Å². The highest BCUT2D eigenvalue weighted by Gasteiger charge is 2.19. The van der Waals surface area contributed by atoms with Crippen molar-refractivity contribution >= 4 is 22.4 Å². The predicted octanol–water partition coefficient (Wildman–Crippen LogP) is 3.27. The van der Waals surface area contributed by atoms with Crippen molar-refractivity contribution in [3.05, 3.63) is 59.9 Å². The Kier molecular flexibility index (Phi) is 4.62. The van der Waals surface area contributed by atoms with E-state index in [0.29, 0.717) is 11.4 Å². The first-order valence-electron chi connectivity index (χ1n) is 7.78. The Morgan fingerprint density at radius 3 is 2.60 bits per heavy atom. The third-order valence-electron chi connectivity index (χ3n) is 3.78. The number of anilines is 1. The molecule has 0 aliphatic heterocycles. The number of fused-ring (bicyclic) bond motifs is 1. The Balaban J connectivity index is 1.76. The molecule has 1 amide bonds. The van der Waals surface area contributed by atoms with E-state index in [4.69, 9.17) is 11.2 Å². The Morgan fingerprint density at radius 1 is 1.12 bits per heavy atom. The molecular weight excluding hydrogens is 314 g/mol. The number of carbonyl (C=O) groups excluding carboxylic acids is 1. The van der Waals surface area contributed by atoms with Crippen LogP contribution in [0.2, 0.25) is 0 Å². The molecule has 25 heavy (non-hydrogen) atoms. The Hall–Kier alpha value is -3.39. The van der Waals surface area contributed by atoms with Gasteiger partial charge >= 0.3 is 0 Å². The van der Waals surface area contributed by atoms with E-state index < -0.39 is 12.0 Å². The summed E-state index contributed by atoms with van der Waals surface area (Å²) in [6.45, 7) is 3.91. The lowest BCUT2D eigenvalue weighted by Crippen LogP contribution is -2.31. The molecule has 0 saturated carbocycles. The summed E-state index contributed by atoms with van der Waals surface area (Å²) < 4.78 is 5.70. The second kappa shape index (κ2) is 7.02. The van der Waals surface area contributed by atoms with Gasteiger partial charge in [-0.25, -0.2) is 0 Å². The minimum atomic E-state index is -1.02. The van der Waals surface area contributed by atoms with Gasteiger partial charge < -0.3 is 10.1 Å². The summed E-state index contributed by atoms with van der Waals surface area (Å²) in [5.74, 6) is 2.59. The quantitative estimate of drug-likeness (QED) is 0.745. The molecular formula is C20H17N3O2. The maximum Gasteiger partial charge on any atom is 0.278 e. The number of ether oxygens (including phenoxy) is 1. The van der Waals surface area contributed by atoms with Gasteiger partial charge in [0.05, 0.1) is 12.4 Å². The van der Waals surface area contributed by atoms with E-state index in [-0.39, 0.29) is 0 Å². The fraction of sp³-hybridized carbons (Fsp3) is 0.150. The molecule has 1 atom stereocenters. The standard InChI is InChI=1S/C20H17N3O2/c1-4-18(25-19-8-5-13(2)9-14(19)3)20(24)23-17-7-6-15-11-21-22-12-16(15)10-17/h1,5-12,18H,2-3H3,(H,23,24). The summed E-state index contributed by atoms with van der Waals surface area (Å²) in [5.41, 5.74) is 2.66. The molecule has 124 valence electrons. The van der Waals surface area contributed by atoms with Gasteiger partial charge in [0.2, 0.25) is 6.10 Å². The van der Waals surface area contributed by atoms with Crippen LogP contribution in [0.25, 0.3) is 10.8 Å². The van der Waals surface area contributed by atoms with E-state index in [1.807, 2.05) is 44.2 Å². The Morgan fingerprint density at radius 2 is 1.88 bits per heavy atom. The molecule has 0 spiro atoms. The average molecular weight is 331 g/mol. The monoisotopic (exact) mass is 331 g/mol. The van der Waals surface area contributed by atoms with Crippen LogP contribution in [0.3, 0.4) is 0 Å². The molecule has 0 aliphatic rings. The number of carbonyl (C=O) groups is 1. The number of rotatable bonds is 4. The zero-order valence-corrected chi connectivity index (χ0v) is 14.0. The number of aromatic nitrogens is 2. The van der Waals surface area contributed by atoms with Gasteiger partial charge in [-0.05, 0) is 37.6 Å². The third kappa shape index (κ3) is 3.75. The van der Waals surface area contributed by atoms with Gasteiger partial charge in [-0.15, -0.1) is 6.42 Å². The first-order valence-corrected chi connectivity index (χ1v) is 7.78. The highest BCUT2D eigenvalue weighted by atomic mass is 16.5. The van der Waals surface area contributed by atoms with Crippen molar-refractivity contribution in [3.63, 3.8) is 0 Å². The molecule has 1 N–H and O–H groups in total. The van der Waals surface area contributed by atoms with Gasteiger partial charge in [0.1, 0.15) is 5.75 Å². The number of terminal acetylenes is 1. The lowest BCUT2D eigenvalue weighted by molar-refractivity contribution is -0.120. The van der Waals surface area contributed by atoms with E-state index in [1.54, 1.807) is 18.5 Å². The molecule has 0 bridgehead atoms. The van der Waals surface area contributed by atoms with Gasteiger partial charge in [-0.3, -0.25) is 4.79 Å². The number of hydrogen-bond donors (Lipinski definition) is 1. The second-order valence-corrected chi connectivity index (χ2v) is 5.76. The van der Waals surface area contributed by atoms with Crippen LogP contribution in [0.1, 0.15) is 11.1 Å². The van der Waals surface area contributed by atoms with E-state index in [2.05, 4.69) is 21.4 Å². The largest absolute Gasteiger partial charge is 0.467 e. The van der Waals surface area contributed by atoms with E-state index in [9.17, 15) is 4.79 Å². The van der Waals surface area contributed by atoms with Crippen LogP contribution in [-0.2, 0) is 4.79 Å². The highest BCUT2D eigenvalue weighted by molar-refractivity contribution is 5.98. The van der Waals surface area contributed by atoms with Crippen LogP contribution < -0.4 is 10.1 Å². The molecule has 1 heterocycles. The smallest absolute Gasteiger partial charge is 0.278 e. The molecule has 0 saturated heterocycles. The number of nitrogens with zero attached hydrogens (tertiary/aromatic N) is 2. The number of aryl methyl sites for hydroxylation is 2. The molecule has 0 fully saturated rings. The molecule has 3 aromatic rings. The number of amides is 1. The Bertz CT molecular complexity index is 976. The second-order valence-electron chi connectivity index (χ2n) is 5.76. The van der Waals surface area contributed by atoms with Crippen molar-refractivity contribution in [2.75, 3.05) is 5.32 Å². The molecule has 5 nitrogen and oxygen atoms in total. The van der Waals surface area contributed by atoms with Crippen molar-refractivity contribution < 1.29 is 9.53 Å². The molecule has 5 heteroatoms. The molecule has 1 unspecified atom stereocenters. The molecule has 2 aromatic carbocycles. The van der Waals surface area contributed by atoms with Crippen LogP contribution in [0.15, 0.2) is 48.8 Å². The SMILES string of the molecule is C#CC(Oc1ccc(C)cc1C)C(=O)Nc1ccc2cnncc2c1. The molecule has 0 radical (unpaired) electrons. The normalized spacial score (nSPS) is 11.6. The minimum Gasteiger partial charge on any atom is -0.467 e. The van der Waals surface area contributed by atoms with Crippen molar-refractivity contribution in [1.82, 2.24) is 10.2 Å². The lowest BCUT2D eigenvalue weighted by Gasteiger charge is -2.16. The van der Waals surface area contributed by atoms with Crippen LogP contribution in [-0.4, -0.2) is 22.2 Å². The van der Waals surface area contributed by atoms with Gasteiger partial charge in [0.15, 0.2) is 0 Å². The van der Waals surface area contributed by atoms with Gasteiger partial charge in [0.25, 0.3) is 5.91 Å². The van der Waals surface area contributed by atoms with Crippen LogP contribution in [0.5, 0.6) is 5.75 Å².